The molecule has 0 aromatic rings. The Balaban J connectivity index is 1.80. The molecule has 18 heteroatoms. The Bertz CT molecular complexity index is 995. The molecule has 4 unspecified atom stereocenters. The standard InChI is InChI=1S/C28H46N6O11S/c35-17-19(5-3-4-8-29-22(36)7-2-1-6-21-27-20(18-46-21)30-28(45)31-27)34(11-9-32(13-23(37)38)14-24(39)40)12-10-33(15-25(41)42)16-26(43)44/h17,19-21,27H,1-16,18H2,(H,29,36)(H,37,38)(H,39,40)(H,41,42)(H,43,44)(H2,30,31,45). The van der Waals surface area contributed by atoms with Crippen molar-refractivity contribution in [2.24, 2.45) is 0 Å². The van der Waals surface area contributed by atoms with E-state index in [0.29, 0.717) is 43.8 Å². The zero-order valence-corrected chi connectivity index (χ0v) is 26.6. The minimum absolute atomic E-state index is 0.0109. The Morgan fingerprint density at radius 3 is 1.91 bits per heavy atom. The summed E-state index contributed by atoms with van der Waals surface area (Å²) < 4.78 is 0. The molecule has 4 atom stereocenters. The summed E-state index contributed by atoms with van der Waals surface area (Å²) in [6.07, 6.45) is 5.08. The minimum Gasteiger partial charge on any atom is -0.480 e. The molecule has 2 fully saturated rings. The monoisotopic (exact) mass is 674 g/mol. The molecule has 260 valence electrons. The molecule has 0 spiro atoms. The van der Waals surface area contributed by atoms with Crippen molar-refractivity contribution >= 4 is 53.9 Å². The maximum Gasteiger partial charge on any atom is 0.317 e. The van der Waals surface area contributed by atoms with Gasteiger partial charge in [-0.3, -0.25) is 38.7 Å². The van der Waals surface area contributed by atoms with E-state index < -0.39 is 56.1 Å². The van der Waals surface area contributed by atoms with Gasteiger partial charge in [0.25, 0.3) is 0 Å². The highest BCUT2D eigenvalue weighted by atomic mass is 32.2. The summed E-state index contributed by atoms with van der Waals surface area (Å²) in [4.78, 5) is 84.8. The summed E-state index contributed by atoms with van der Waals surface area (Å²) in [5.41, 5.74) is 0. The quantitative estimate of drug-likeness (QED) is 0.0324. The van der Waals surface area contributed by atoms with Gasteiger partial charge in [0, 0.05) is 50.1 Å². The Labute approximate surface area is 271 Å². The van der Waals surface area contributed by atoms with Gasteiger partial charge in [0.1, 0.15) is 6.29 Å². The third-order valence-electron chi connectivity index (χ3n) is 7.80. The predicted molar refractivity (Wildman–Crippen MR) is 166 cm³/mol. The van der Waals surface area contributed by atoms with Crippen molar-refractivity contribution in [3.05, 3.63) is 0 Å². The van der Waals surface area contributed by atoms with Gasteiger partial charge in [0.2, 0.25) is 5.91 Å². The van der Waals surface area contributed by atoms with Crippen LogP contribution in [-0.4, -0.2) is 165 Å². The molecular formula is C28H46N6O11S. The number of unbranched alkanes of at least 4 members (excludes halogenated alkanes) is 2. The van der Waals surface area contributed by atoms with Crippen molar-refractivity contribution in [1.82, 2.24) is 30.7 Å². The minimum atomic E-state index is -1.22. The molecular weight excluding hydrogens is 628 g/mol. The lowest BCUT2D eigenvalue weighted by Gasteiger charge is -2.32. The molecule has 7 N–H and O–H groups in total. The van der Waals surface area contributed by atoms with Crippen molar-refractivity contribution in [2.45, 2.75) is 68.3 Å². The number of aldehydes is 1. The SMILES string of the molecule is O=CC(CCCCNC(=O)CCCCC1SCC2NC(=O)NC21)N(CCN(CC(=O)O)CC(=O)O)CCN(CC(=O)O)CC(=O)O. The highest BCUT2D eigenvalue weighted by Gasteiger charge is 2.42. The average Bonchev–Trinajstić information content (AvgIpc) is 3.51. The van der Waals surface area contributed by atoms with Gasteiger partial charge in [-0.2, -0.15) is 11.8 Å². The molecule has 2 heterocycles. The number of carbonyl (C=O) groups is 7. The number of fused-ring (bicyclic) bond motifs is 1. The second-order valence-corrected chi connectivity index (χ2v) is 12.7. The van der Waals surface area contributed by atoms with Crippen LogP contribution in [0.4, 0.5) is 4.79 Å². The van der Waals surface area contributed by atoms with Gasteiger partial charge in [0.15, 0.2) is 0 Å². The summed E-state index contributed by atoms with van der Waals surface area (Å²) in [5.74, 6) is -4.08. The summed E-state index contributed by atoms with van der Waals surface area (Å²) in [6, 6.07) is -0.497. The lowest BCUT2D eigenvalue weighted by molar-refractivity contribution is -0.143. The van der Waals surface area contributed by atoms with Gasteiger partial charge in [-0.15, -0.1) is 0 Å². The van der Waals surface area contributed by atoms with Crippen molar-refractivity contribution in [3.63, 3.8) is 0 Å². The number of hydrogen-bond acceptors (Lipinski definition) is 11. The first-order valence-corrected chi connectivity index (χ1v) is 16.4. The summed E-state index contributed by atoms with van der Waals surface area (Å²) >= 11 is 1.83. The van der Waals surface area contributed by atoms with Crippen LogP contribution in [0, 0.1) is 0 Å². The van der Waals surface area contributed by atoms with Crippen LogP contribution < -0.4 is 16.0 Å². The van der Waals surface area contributed by atoms with Crippen molar-refractivity contribution < 1.29 is 54.0 Å². The first-order valence-electron chi connectivity index (χ1n) is 15.3. The van der Waals surface area contributed by atoms with Gasteiger partial charge in [0.05, 0.1) is 44.3 Å². The largest absolute Gasteiger partial charge is 0.480 e. The number of nitrogens with one attached hydrogen (secondary N) is 3. The van der Waals surface area contributed by atoms with Crippen LogP contribution in [0.5, 0.6) is 0 Å². The number of rotatable bonds is 26. The molecule has 0 aromatic heterocycles. The van der Waals surface area contributed by atoms with E-state index in [9.17, 15) is 33.6 Å². The molecule has 0 radical (unpaired) electrons. The summed E-state index contributed by atoms with van der Waals surface area (Å²) in [6.45, 7) is -1.60. The van der Waals surface area contributed by atoms with Crippen LogP contribution in [0.1, 0.15) is 44.9 Å². The number of nitrogens with zero attached hydrogens (tertiary/aromatic N) is 3. The average molecular weight is 675 g/mol. The second kappa shape index (κ2) is 20.6. The Morgan fingerprint density at radius 1 is 0.826 bits per heavy atom. The Kier molecular flexibility index (Phi) is 17.3. The fourth-order valence-corrected chi connectivity index (χ4v) is 7.13. The lowest BCUT2D eigenvalue weighted by Crippen LogP contribution is -2.48. The number of thioether (sulfide) groups is 1. The smallest absolute Gasteiger partial charge is 0.317 e. The summed E-state index contributed by atoms with van der Waals surface area (Å²) in [5, 5.41) is 45.7. The Hall–Kier alpha value is -3.48. The van der Waals surface area contributed by atoms with E-state index in [1.165, 1.54) is 9.80 Å². The predicted octanol–water partition coefficient (Wildman–Crippen LogP) is -1.19. The van der Waals surface area contributed by atoms with E-state index in [4.69, 9.17) is 20.4 Å². The highest BCUT2D eigenvalue weighted by molar-refractivity contribution is 8.00. The van der Waals surface area contributed by atoms with E-state index >= 15 is 0 Å². The van der Waals surface area contributed by atoms with Gasteiger partial charge in [-0.05, 0) is 32.1 Å². The molecule has 0 saturated carbocycles. The van der Waals surface area contributed by atoms with Crippen molar-refractivity contribution in [1.29, 1.82) is 0 Å². The summed E-state index contributed by atoms with van der Waals surface area (Å²) in [7, 11) is 0. The van der Waals surface area contributed by atoms with E-state index in [1.807, 2.05) is 11.8 Å². The molecule has 0 aliphatic carbocycles. The zero-order chi connectivity index (χ0) is 34.1. The van der Waals surface area contributed by atoms with Crippen LogP contribution in [0.2, 0.25) is 0 Å². The number of urea groups is 1. The number of carbonyl (C=O) groups excluding carboxylic acids is 3. The van der Waals surface area contributed by atoms with Crippen LogP contribution >= 0.6 is 11.8 Å². The molecule has 17 nitrogen and oxygen atoms in total. The topological polar surface area (TPSA) is 246 Å². The van der Waals surface area contributed by atoms with Crippen LogP contribution in [-0.2, 0) is 28.8 Å². The number of aliphatic carboxylic acids is 4. The number of amides is 3. The fourth-order valence-electron chi connectivity index (χ4n) is 5.58. The van der Waals surface area contributed by atoms with E-state index in [0.717, 1.165) is 25.0 Å². The molecule has 2 saturated heterocycles. The first-order chi connectivity index (χ1) is 21.9. The van der Waals surface area contributed by atoms with E-state index in [1.54, 1.807) is 4.90 Å². The molecule has 2 aliphatic rings. The molecule has 46 heavy (non-hydrogen) atoms. The maximum atomic E-state index is 12.3. The van der Waals surface area contributed by atoms with E-state index in [2.05, 4.69) is 16.0 Å². The molecule has 0 bridgehead atoms. The van der Waals surface area contributed by atoms with Crippen LogP contribution in [0.15, 0.2) is 0 Å². The third-order valence-corrected chi connectivity index (χ3v) is 9.31. The number of carboxylic acids is 4. The van der Waals surface area contributed by atoms with E-state index in [-0.39, 0.29) is 50.2 Å². The molecule has 3 amide bonds. The number of hydrogen-bond donors (Lipinski definition) is 7. The Morgan fingerprint density at radius 2 is 1.39 bits per heavy atom. The van der Waals surface area contributed by atoms with Crippen LogP contribution in [0.3, 0.4) is 0 Å². The third kappa shape index (κ3) is 15.2. The van der Waals surface area contributed by atoms with Gasteiger partial charge in [-0.1, -0.05) is 6.42 Å². The van der Waals surface area contributed by atoms with Crippen LogP contribution in [0.25, 0.3) is 0 Å². The van der Waals surface area contributed by atoms with Gasteiger partial charge >= 0.3 is 29.9 Å². The normalized spacial score (nSPS) is 19.5. The zero-order valence-electron chi connectivity index (χ0n) is 25.8. The van der Waals surface area contributed by atoms with Crippen molar-refractivity contribution in [2.75, 3.05) is 64.7 Å². The maximum absolute atomic E-state index is 12.3. The highest BCUT2D eigenvalue weighted by Crippen LogP contribution is 2.33. The molecule has 2 rings (SSSR count). The van der Waals surface area contributed by atoms with Crippen molar-refractivity contribution in [3.8, 4) is 0 Å². The van der Waals surface area contributed by atoms with Gasteiger partial charge < -0.3 is 41.2 Å². The lowest BCUT2D eigenvalue weighted by atomic mass is 10.0. The molecule has 2 aliphatic heterocycles. The second-order valence-electron chi connectivity index (χ2n) is 11.4. The molecule has 0 aromatic carbocycles. The fraction of sp³-hybridized carbons (Fsp3) is 0.750. The number of carboxylic acid groups (broad SMARTS) is 4. The first kappa shape index (κ1) is 38.7. The van der Waals surface area contributed by atoms with Gasteiger partial charge in [-0.25, -0.2) is 4.79 Å².